The highest BCUT2D eigenvalue weighted by Gasteiger charge is 2.34. The smallest absolute Gasteiger partial charge is 0.164 e. The molecule has 0 bridgehead atoms. The van der Waals surface area contributed by atoms with Gasteiger partial charge in [-0.15, -0.1) is 0 Å². The zero-order chi connectivity index (χ0) is 29.5. The fourth-order valence-electron chi connectivity index (χ4n) is 5.33. The standard InChI is InChI=1S/C30H36N10O/c1-19(28(32)37-18-31)39-17-23(10-12-24(39)15-34-3)27(20(2)41)29(33)40-30(35-4)25(16-38-40)22-11-13-26(36-14-22)21-8-6-5-7-9-21/h5-9,11,13-14,16,18,23-24,34H,1,4,10,12,15,17,33H2,2-3H3,(H3,31,32,37)/b29-27-. The SMILES string of the molecule is C=Nc1c(-c2ccc(-c3ccccc3)nc2)cnn1/C(N)=C(/C(C)=O)C1CCC(CNC)N(C(=C)C(N)=NC=N)C1. The number of piperidine rings is 1. The molecule has 2 unspecified atom stereocenters. The number of carbonyl (C=O) groups excluding carboxylic acids is 1. The highest BCUT2D eigenvalue weighted by molar-refractivity contribution is 6.00. The molecule has 2 aromatic heterocycles. The normalized spacial score (nSPS) is 18.0. The van der Waals surface area contributed by atoms with Crippen molar-refractivity contribution in [2.75, 3.05) is 20.1 Å². The van der Waals surface area contributed by atoms with Crippen LogP contribution >= 0.6 is 0 Å². The van der Waals surface area contributed by atoms with Gasteiger partial charge >= 0.3 is 0 Å². The van der Waals surface area contributed by atoms with E-state index in [9.17, 15) is 4.79 Å². The maximum absolute atomic E-state index is 13.1. The summed E-state index contributed by atoms with van der Waals surface area (Å²) in [5.41, 5.74) is 17.1. The number of pyridine rings is 1. The molecule has 0 spiro atoms. The average molecular weight is 553 g/mol. The van der Waals surface area contributed by atoms with Crippen LogP contribution in [0.5, 0.6) is 0 Å². The van der Waals surface area contributed by atoms with Crippen LogP contribution in [0.3, 0.4) is 0 Å². The molecule has 0 amide bonds. The van der Waals surface area contributed by atoms with Crippen molar-refractivity contribution in [3.05, 3.63) is 72.7 Å². The lowest BCUT2D eigenvalue weighted by Gasteiger charge is -2.42. The Morgan fingerprint density at radius 3 is 2.54 bits per heavy atom. The molecule has 11 nitrogen and oxygen atoms in total. The molecule has 1 aromatic carbocycles. The Morgan fingerprint density at radius 1 is 1.17 bits per heavy atom. The summed E-state index contributed by atoms with van der Waals surface area (Å²) in [6, 6.07) is 13.9. The molecule has 3 aromatic rings. The summed E-state index contributed by atoms with van der Waals surface area (Å²) in [4.78, 5) is 27.8. The third-order valence-corrected chi connectivity index (χ3v) is 7.32. The molecule has 2 atom stereocenters. The lowest BCUT2D eigenvalue weighted by molar-refractivity contribution is -0.114. The molecule has 3 heterocycles. The predicted octanol–water partition coefficient (Wildman–Crippen LogP) is 3.44. The van der Waals surface area contributed by atoms with E-state index in [1.807, 2.05) is 54.4 Å². The fourth-order valence-corrected chi connectivity index (χ4v) is 5.33. The second kappa shape index (κ2) is 13.0. The van der Waals surface area contributed by atoms with Gasteiger partial charge in [0.05, 0.1) is 17.6 Å². The van der Waals surface area contributed by atoms with E-state index < -0.39 is 0 Å². The topological polar surface area (TPSA) is 164 Å². The number of likely N-dealkylation sites (tertiary alicyclic amines) is 1. The molecule has 0 saturated carbocycles. The number of likely N-dealkylation sites (N-methyl/N-ethyl adjacent to an activating group) is 1. The van der Waals surface area contributed by atoms with Gasteiger partial charge in [0.2, 0.25) is 0 Å². The molecule has 41 heavy (non-hydrogen) atoms. The average Bonchev–Trinajstić information content (AvgIpc) is 3.42. The molecule has 6 N–H and O–H groups in total. The van der Waals surface area contributed by atoms with Crippen LogP contribution in [0, 0.1) is 11.3 Å². The summed E-state index contributed by atoms with van der Waals surface area (Å²) in [5, 5.41) is 15.0. The van der Waals surface area contributed by atoms with Gasteiger partial charge in [0.15, 0.2) is 11.6 Å². The van der Waals surface area contributed by atoms with Crippen LogP contribution in [0.1, 0.15) is 19.8 Å². The van der Waals surface area contributed by atoms with Crippen LogP contribution in [0.2, 0.25) is 0 Å². The number of Topliss-reactive ketones (excluding diaryl/α,β-unsaturated/α-hetero) is 1. The first kappa shape index (κ1) is 29.1. The van der Waals surface area contributed by atoms with Crippen LogP contribution in [-0.4, -0.2) is 70.5 Å². The lowest BCUT2D eigenvalue weighted by atomic mass is 9.84. The number of ketones is 1. The molecule has 1 aliphatic heterocycles. The third-order valence-electron chi connectivity index (χ3n) is 7.32. The molecule has 0 aliphatic carbocycles. The van der Waals surface area contributed by atoms with Crippen molar-refractivity contribution in [1.29, 1.82) is 5.41 Å². The number of nitrogens with two attached hydrogens (primary N) is 2. The first-order valence-corrected chi connectivity index (χ1v) is 13.3. The number of aromatic nitrogens is 3. The van der Waals surface area contributed by atoms with Gasteiger partial charge in [-0.05, 0) is 39.6 Å². The summed E-state index contributed by atoms with van der Waals surface area (Å²) in [6.07, 6.45) is 5.79. The minimum atomic E-state index is -0.220. The molecule has 0 radical (unpaired) electrons. The van der Waals surface area contributed by atoms with Gasteiger partial charge in [0.25, 0.3) is 0 Å². The van der Waals surface area contributed by atoms with Crippen LogP contribution in [0.4, 0.5) is 5.82 Å². The Balaban J connectivity index is 1.69. The first-order chi connectivity index (χ1) is 19.8. The van der Waals surface area contributed by atoms with Gasteiger partial charge in [-0.25, -0.2) is 9.98 Å². The minimum Gasteiger partial charge on any atom is -0.383 e. The number of nitrogens with one attached hydrogen (secondary N) is 2. The van der Waals surface area contributed by atoms with Crippen molar-refractivity contribution in [2.24, 2.45) is 27.4 Å². The largest absolute Gasteiger partial charge is 0.383 e. The lowest BCUT2D eigenvalue weighted by Crippen LogP contribution is -2.50. The highest BCUT2D eigenvalue weighted by Crippen LogP contribution is 2.35. The molecule has 1 saturated heterocycles. The molecule has 1 aliphatic rings. The number of carbonyl (C=O) groups is 1. The number of benzene rings is 1. The summed E-state index contributed by atoms with van der Waals surface area (Å²) >= 11 is 0. The number of hydrogen-bond acceptors (Lipinski definition) is 8. The van der Waals surface area contributed by atoms with Crippen LogP contribution in [-0.2, 0) is 4.79 Å². The van der Waals surface area contributed by atoms with E-state index in [2.05, 4.69) is 38.7 Å². The molecule has 4 rings (SSSR count). The Hall–Kier alpha value is -4.90. The van der Waals surface area contributed by atoms with E-state index in [1.54, 1.807) is 12.4 Å². The zero-order valence-corrected chi connectivity index (χ0v) is 23.4. The van der Waals surface area contributed by atoms with E-state index in [0.29, 0.717) is 35.7 Å². The Morgan fingerprint density at radius 2 is 1.93 bits per heavy atom. The van der Waals surface area contributed by atoms with Crippen molar-refractivity contribution >= 4 is 36.3 Å². The molecular formula is C30H36N10O. The van der Waals surface area contributed by atoms with E-state index >= 15 is 0 Å². The van der Waals surface area contributed by atoms with E-state index in [-0.39, 0.29) is 29.4 Å². The summed E-state index contributed by atoms with van der Waals surface area (Å²) in [7, 11) is 1.88. The van der Waals surface area contributed by atoms with Crippen molar-refractivity contribution < 1.29 is 4.79 Å². The van der Waals surface area contributed by atoms with Crippen molar-refractivity contribution in [3.63, 3.8) is 0 Å². The van der Waals surface area contributed by atoms with Gasteiger partial charge in [-0.2, -0.15) is 9.78 Å². The molecule has 212 valence electrons. The van der Waals surface area contributed by atoms with E-state index in [0.717, 1.165) is 36.0 Å². The number of hydrogen-bond donors (Lipinski definition) is 4. The number of amidine groups is 1. The van der Waals surface area contributed by atoms with Gasteiger partial charge in [0.1, 0.15) is 18.0 Å². The van der Waals surface area contributed by atoms with Crippen molar-refractivity contribution in [1.82, 2.24) is 25.0 Å². The molecule has 1 fully saturated rings. The predicted molar refractivity (Wildman–Crippen MR) is 165 cm³/mol. The second-order valence-corrected chi connectivity index (χ2v) is 9.83. The molecular weight excluding hydrogens is 516 g/mol. The van der Waals surface area contributed by atoms with Crippen molar-refractivity contribution in [2.45, 2.75) is 25.8 Å². The van der Waals surface area contributed by atoms with Crippen LogP contribution in [0.25, 0.3) is 28.2 Å². The highest BCUT2D eigenvalue weighted by atomic mass is 16.1. The number of aliphatic imine (C=N–C) groups is 2. The number of nitrogens with zero attached hydrogens (tertiary/aromatic N) is 6. The minimum absolute atomic E-state index is 0.0886. The third kappa shape index (κ3) is 6.15. The van der Waals surface area contributed by atoms with Gasteiger partial charge in [0, 0.05) is 53.5 Å². The van der Waals surface area contributed by atoms with Crippen LogP contribution in [0.15, 0.2) is 82.7 Å². The summed E-state index contributed by atoms with van der Waals surface area (Å²) < 4.78 is 1.47. The number of rotatable bonds is 11. The fraction of sp³-hybridized carbons (Fsp3) is 0.267. The van der Waals surface area contributed by atoms with E-state index in [1.165, 1.54) is 11.6 Å². The second-order valence-electron chi connectivity index (χ2n) is 9.83. The quantitative estimate of drug-likeness (QED) is 0.161. The Kier molecular flexibility index (Phi) is 9.20. The molecule has 11 heteroatoms. The summed E-state index contributed by atoms with van der Waals surface area (Å²) in [5.74, 6) is 0.395. The van der Waals surface area contributed by atoms with Crippen molar-refractivity contribution in [3.8, 4) is 22.4 Å². The maximum atomic E-state index is 13.1. The maximum Gasteiger partial charge on any atom is 0.164 e. The first-order valence-electron chi connectivity index (χ1n) is 13.3. The van der Waals surface area contributed by atoms with Gasteiger partial charge in [-0.3, -0.25) is 15.2 Å². The van der Waals surface area contributed by atoms with E-state index in [4.69, 9.17) is 16.9 Å². The summed E-state index contributed by atoms with van der Waals surface area (Å²) in [6.45, 7) is 10.5. The van der Waals surface area contributed by atoms with Gasteiger partial charge in [-0.1, -0.05) is 43.0 Å². The van der Waals surface area contributed by atoms with Crippen LogP contribution < -0.4 is 16.8 Å². The zero-order valence-electron chi connectivity index (χ0n) is 23.4. The Labute approximate surface area is 239 Å². The Bertz CT molecular complexity index is 1490. The monoisotopic (exact) mass is 552 g/mol. The van der Waals surface area contributed by atoms with Gasteiger partial charge < -0.3 is 21.7 Å².